The first kappa shape index (κ1) is 37.1. The lowest BCUT2D eigenvalue weighted by molar-refractivity contribution is -0.147. The van der Waals surface area contributed by atoms with Crippen molar-refractivity contribution in [2.75, 3.05) is 31.5 Å². The average Bonchev–Trinajstić information content (AvgIpc) is 3.90. The van der Waals surface area contributed by atoms with Gasteiger partial charge in [0.2, 0.25) is 5.89 Å². The number of nitriles is 1. The van der Waals surface area contributed by atoms with Gasteiger partial charge in [0.1, 0.15) is 17.1 Å². The maximum absolute atomic E-state index is 14.1. The van der Waals surface area contributed by atoms with Gasteiger partial charge in [-0.15, -0.1) is 0 Å². The fourth-order valence-corrected chi connectivity index (χ4v) is 7.92. The van der Waals surface area contributed by atoms with Crippen molar-refractivity contribution in [1.82, 2.24) is 29.7 Å². The summed E-state index contributed by atoms with van der Waals surface area (Å²) in [6.07, 6.45) is -0.330. The summed E-state index contributed by atoms with van der Waals surface area (Å²) in [7, 11) is 0. The molecule has 2 aliphatic rings. The van der Waals surface area contributed by atoms with Gasteiger partial charge in [0, 0.05) is 50.2 Å². The zero-order chi connectivity index (χ0) is 39.3. The summed E-state index contributed by atoms with van der Waals surface area (Å²) < 4.78 is 34.4. The zero-order valence-electron chi connectivity index (χ0n) is 31.2. The summed E-state index contributed by atoms with van der Waals surface area (Å²) in [5.74, 6) is -0.886. The van der Waals surface area contributed by atoms with Crippen molar-refractivity contribution < 1.29 is 28.2 Å². The molecule has 12 nitrogen and oxygen atoms in total. The number of anilines is 2. The Balaban J connectivity index is 1.09. The molecule has 0 bridgehead atoms. The molecule has 0 saturated carbocycles. The number of carboxylic acid groups (broad SMARTS) is 1. The van der Waals surface area contributed by atoms with Crippen LogP contribution in [0.4, 0.5) is 20.3 Å². The van der Waals surface area contributed by atoms with Crippen molar-refractivity contribution in [3.8, 4) is 28.7 Å². The van der Waals surface area contributed by atoms with Crippen LogP contribution >= 0.6 is 0 Å². The topological polar surface area (TPSA) is 165 Å². The smallest absolute Gasteiger partial charge is 0.310 e. The first-order valence-electron chi connectivity index (χ1n) is 18.5. The van der Waals surface area contributed by atoms with Crippen molar-refractivity contribution in [3.05, 3.63) is 94.4 Å². The Kier molecular flexibility index (Phi) is 9.69. The molecule has 6 aromatic rings. The van der Waals surface area contributed by atoms with Gasteiger partial charge in [0.15, 0.2) is 17.2 Å². The number of benzene rings is 3. The number of pyridine rings is 1. The highest BCUT2D eigenvalue weighted by Crippen LogP contribution is 2.38. The monoisotopic (exact) mass is 758 g/mol. The molecule has 8 rings (SSSR count). The molecule has 56 heavy (non-hydrogen) atoms. The molecular weight excluding hydrogens is 719 g/mol. The summed E-state index contributed by atoms with van der Waals surface area (Å²) >= 11 is 0. The normalized spacial score (nSPS) is 19.0. The van der Waals surface area contributed by atoms with Crippen LogP contribution < -0.4 is 5.32 Å². The third-order valence-electron chi connectivity index (χ3n) is 11.0. The molecule has 0 radical (unpaired) electrons. The van der Waals surface area contributed by atoms with Gasteiger partial charge in [-0.1, -0.05) is 24.3 Å². The lowest BCUT2D eigenvalue weighted by Crippen LogP contribution is -2.31. The third-order valence-corrected chi connectivity index (χ3v) is 11.0. The van der Waals surface area contributed by atoms with Gasteiger partial charge in [-0.25, -0.2) is 23.7 Å². The van der Waals surface area contributed by atoms with E-state index < -0.39 is 23.6 Å². The van der Waals surface area contributed by atoms with E-state index >= 15 is 0 Å². The van der Waals surface area contributed by atoms with E-state index in [1.165, 1.54) is 0 Å². The van der Waals surface area contributed by atoms with Gasteiger partial charge >= 0.3 is 5.97 Å². The molecule has 0 spiro atoms. The molecule has 0 unspecified atom stereocenters. The summed E-state index contributed by atoms with van der Waals surface area (Å²) in [6.45, 7) is 9.04. The maximum Gasteiger partial charge on any atom is 0.310 e. The quantitative estimate of drug-likeness (QED) is 0.126. The molecule has 2 saturated heterocycles. The molecule has 3 aromatic carbocycles. The maximum atomic E-state index is 14.1. The molecule has 0 aliphatic carbocycles. The lowest BCUT2D eigenvalue weighted by atomic mass is 9.90. The summed E-state index contributed by atoms with van der Waals surface area (Å²) in [4.78, 5) is 33.7. The number of nitrogens with zero attached hydrogens (tertiary/aromatic N) is 7. The van der Waals surface area contributed by atoms with E-state index in [1.807, 2.05) is 56.3 Å². The molecule has 3 aromatic heterocycles. The molecule has 5 heterocycles. The number of carboxylic acids is 1. The Morgan fingerprint density at radius 1 is 1.00 bits per heavy atom. The van der Waals surface area contributed by atoms with Gasteiger partial charge in [-0.2, -0.15) is 5.26 Å². The molecule has 3 N–H and O–H groups in total. The number of β-amino-alcohol motifs (C(OH)–C–C–N with tert-alkyl or cyclic N) is 1. The third kappa shape index (κ3) is 7.05. The van der Waals surface area contributed by atoms with E-state index in [2.05, 4.69) is 36.1 Å². The minimum Gasteiger partial charge on any atom is -0.481 e. The highest BCUT2D eigenvalue weighted by molar-refractivity contribution is 5.90. The molecule has 14 heteroatoms. The Morgan fingerprint density at radius 3 is 2.45 bits per heavy atom. The summed E-state index contributed by atoms with van der Waals surface area (Å²) in [6, 6.07) is 19.2. The number of aliphatic hydroxyl groups excluding tert-OH is 1. The van der Waals surface area contributed by atoms with Crippen molar-refractivity contribution in [2.24, 2.45) is 5.41 Å². The van der Waals surface area contributed by atoms with E-state index in [4.69, 9.17) is 9.40 Å². The Bertz CT molecular complexity index is 2550. The van der Waals surface area contributed by atoms with Gasteiger partial charge in [0.05, 0.1) is 22.6 Å². The van der Waals surface area contributed by atoms with Crippen LogP contribution in [0.3, 0.4) is 0 Å². The fraction of sp³-hybridized carbons (Fsp3) is 0.333. The standard InChI is InChI=1S/C42H40F2N8O4/c1-23-29(6-4-8-31(23)40-49-34-15-25(14-27(17-45)36(34)56-40)19-52-13-11-42(3,22-52)41(54)55)30-7-5-9-32(24(30)2)47-38-35-33(48-39(50-38)37(43)44)16-26(18-46-35)20-51-12-10-28(53)21-51/h4-9,14-16,18,28,37,53H,10-13,19-22H2,1-3H3,(H,54,55)(H,47,48,50)/t28-,42+/m1/s1. The number of hydrogen-bond donors (Lipinski definition) is 3. The number of aromatic nitrogens is 4. The average molecular weight is 759 g/mol. The fourth-order valence-electron chi connectivity index (χ4n) is 7.92. The number of hydrogen-bond acceptors (Lipinski definition) is 11. The van der Waals surface area contributed by atoms with E-state index in [0.717, 1.165) is 45.5 Å². The highest BCUT2D eigenvalue weighted by Gasteiger charge is 2.40. The van der Waals surface area contributed by atoms with Crippen LogP contribution in [0.1, 0.15) is 59.8 Å². The van der Waals surface area contributed by atoms with Gasteiger partial charge in [-0.3, -0.25) is 19.6 Å². The second-order valence-corrected chi connectivity index (χ2v) is 15.2. The minimum absolute atomic E-state index is 0.166. The highest BCUT2D eigenvalue weighted by atomic mass is 19.3. The zero-order valence-corrected chi connectivity index (χ0v) is 31.2. The van der Waals surface area contributed by atoms with Crippen molar-refractivity contribution >= 4 is 39.6 Å². The Labute approximate surface area is 321 Å². The number of rotatable bonds is 10. The van der Waals surface area contributed by atoms with E-state index in [1.54, 1.807) is 25.3 Å². The van der Waals surface area contributed by atoms with Gasteiger partial charge < -0.3 is 19.9 Å². The summed E-state index contributed by atoms with van der Waals surface area (Å²) in [5, 5.41) is 32.9. The van der Waals surface area contributed by atoms with Crippen molar-refractivity contribution in [1.29, 1.82) is 5.26 Å². The number of likely N-dealkylation sites (tertiary alicyclic amines) is 2. The second kappa shape index (κ2) is 14.6. The van der Waals surface area contributed by atoms with E-state index in [0.29, 0.717) is 84.8 Å². The number of nitrogens with one attached hydrogen (secondary N) is 1. The number of oxazole rings is 1. The number of alkyl halides is 2. The molecule has 0 amide bonds. The number of fused-ring (bicyclic) bond motifs is 2. The first-order valence-corrected chi connectivity index (χ1v) is 18.5. The number of carbonyl (C=O) groups is 1. The van der Waals surface area contributed by atoms with Crippen LogP contribution in [-0.4, -0.2) is 78.2 Å². The van der Waals surface area contributed by atoms with Gasteiger partial charge in [-0.05, 0) is 104 Å². The van der Waals surface area contributed by atoms with Crippen LogP contribution in [0.25, 0.3) is 44.7 Å². The van der Waals surface area contributed by atoms with Crippen LogP contribution in [0.5, 0.6) is 0 Å². The number of aliphatic hydroxyl groups is 1. The SMILES string of the molecule is Cc1c(Nc2nc(C(F)F)nc3cc(CN4CC[C@@H](O)C4)cnc23)cccc1-c1cccc(-c2nc3cc(CN4CC[C@](C)(C(=O)O)C4)cc(C#N)c3o2)c1C. The molecule has 2 aliphatic heterocycles. The van der Waals surface area contributed by atoms with Crippen molar-refractivity contribution in [2.45, 2.75) is 59.2 Å². The molecular formula is C42H40F2N8O4. The summed E-state index contributed by atoms with van der Waals surface area (Å²) in [5.41, 5.74) is 7.70. The largest absolute Gasteiger partial charge is 0.481 e. The van der Waals surface area contributed by atoms with Crippen LogP contribution in [-0.2, 0) is 17.9 Å². The van der Waals surface area contributed by atoms with E-state index in [9.17, 15) is 29.1 Å². The lowest BCUT2D eigenvalue weighted by Gasteiger charge is -2.20. The molecule has 286 valence electrons. The number of halogens is 2. The second-order valence-electron chi connectivity index (χ2n) is 15.2. The van der Waals surface area contributed by atoms with Crippen molar-refractivity contribution in [3.63, 3.8) is 0 Å². The van der Waals surface area contributed by atoms with E-state index in [-0.39, 0.29) is 11.9 Å². The van der Waals surface area contributed by atoms with Gasteiger partial charge in [0.25, 0.3) is 6.43 Å². The Morgan fingerprint density at radius 2 is 1.73 bits per heavy atom. The predicted molar refractivity (Wildman–Crippen MR) is 206 cm³/mol. The van der Waals surface area contributed by atoms with Crippen LogP contribution in [0.15, 0.2) is 65.2 Å². The van der Waals surface area contributed by atoms with Crippen LogP contribution in [0, 0.1) is 30.6 Å². The molecule has 2 fully saturated rings. The molecule has 2 atom stereocenters. The Hall–Kier alpha value is -5.88. The number of aliphatic carboxylic acids is 1. The minimum atomic E-state index is -2.89. The predicted octanol–water partition coefficient (Wildman–Crippen LogP) is 7.53. The first-order chi connectivity index (χ1) is 26.9. The van der Waals surface area contributed by atoms with Crippen LogP contribution in [0.2, 0.25) is 0 Å².